The van der Waals surface area contributed by atoms with Crippen molar-refractivity contribution in [1.82, 2.24) is 55.0 Å². The van der Waals surface area contributed by atoms with Crippen LogP contribution >= 0.6 is 0 Å². The van der Waals surface area contributed by atoms with Gasteiger partial charge in [0.05, 0.1) is 11.6 Å². The van der Waals surface area contributed by atoms with Crippen molar-refractivity contribution >= 4 is 53.2 Å². The van der Waals surface area contributed by atoms with Crippen LogP contribution in [0.25, 0.3) is 0 Å². The number of likely N-dealkylation sites (tertiary alicyclic amines) is 2. The first-order valence-electron chi connectivity index (χ1n) is 46.0. The van der Waals surface area contributed by atoms with Gasteiger partial charge >= 0.3 is 30.3 Å². The van der Waals surface area contributed by atoms with Crippen LogP contribution in [-0.2, 0) is 49.8 Å². The summed E-state index contributed by atoms with van der Waals surface area (Å²) in [7, 11) is 12.0. The topological polar surface area (TPSA) is 251 Å². The molecule has 25 heteroatoms. The third kappa shape index (κ3) is 37.1. The Morgan fingerprint density at radius 1 is 0.406 bits per heavy atom. The van der Waals surface area contributed by atoms with Crippen molar-refractivity contribution in [2.75, 3.05) is 122 Å². The largest absolute Gasteiger partial charge is 0.478 e. The maximum Gasteiger partial charge on any atom is 0.410 e. The summed E-state index contributed by atoms with van der Waals surface area (Å²) in [4.78, 5) is 102. The number of ether oxygens (including phenoxy) is 4. The van der Waals surface area contributed by atoms with Crippen molar-refractivity contribution in [3.8, 4) is 0 Å². The summed E-state index contributed by atoms with van der Waals surface area (Å²) in [5.74, 6) is -0.729. The van der Waals surface area contributed by atoms with Gasteiger partial charge in [0.25, 0.3) is 0 Å². The van der Waals surface area contributed by atoms with Gasteiger partial charge in [-0.1, -0.05) is 97.1 Å². The number of carboxylic acid groups (broad SMARTS) is 1. The number of nitrogens with zero attached hydrogens (tertiary/aromatic N) is 12. The predicted molar refractivity (Wildman–Crippen MR) is 516 cm³/mol. The zero-order valence-electron chi connectivity index (χ0n) is 81.8. The van der Waals surface area contributed by atoms with Gasteiger partial charge in [0.2, 0.25) is 0 Å². The van der Waals surface area contributed by atoms with Gasteiger partial charge in [-0.15, -0.1) is 0 Å². The van der Waals surface area contributed by atoms with E-state index >= 15 is 0 Å². The van der Waals surface area contributed by atoms with Gasteiger partial charge in [-0.25, -0.2) is 24.0 Å². The number of piperidine rings is 5. The van der Waals surface area contributed by atoms with E-state index in [0.29, 0.717) is 44.1 Å². The monoisotopic (exact) mass is 1760 g/mol. The van der Waals surface area contributed by atoms with E-state index in [4.69, 9.17) is 24.1 Å². The van der Waals surface area contributed by atoms with Crippen molar-refractivity contribution in [2.24, 2.45) is 0 Å². The summed E-state index contributed by atoms with van der Waals surface area (Å²) >= 11 is 0. The van der Waals surface area contributed by atoms with Crippen molar-refractivity contribution in [2.45, 2.75) is 274 Å². The number of aryl methyl sites for hydroxylation is 7. The first kappa shape index (κ1) is 105. The number of pyridine rings is 3. The molecular formula is C103H154N14O11. The fourth-order valence-electron chi connectivity index (χ4n) is 16.4. The molecule has 3 N–H and O–H groups in total. The number of Topliss-reactive ketones (excluding diaryl/α,β-unsaturated/α-hetero) is 1. The number of anilines is 3. The molecule has 4 aromatic carbocycles. The number of hydrogen-bond donors (Lipinski definition) is 3. The van der Waals surface area contributed by atoms with E-state index in [1.807, 2.05) is 146 Å². The number of fused-ring (bicyclic) bond motifs is 1. The Morgan fingerprint density at radius 2 is 0.742 bits per heavy atom. The molecule has 5 fully saturated rings. The number of aromatic carboxylic acids is 1. The van der Waals surface area contributed by atoms with Crippen LogP contribution in [0.4, 0.5) is 36.2 Å². The Hall–Kier alpha value is -10.2. The summed E-state index contributed by atoms with van der Waals surface area (Å²) in [5.41, 5.74) is 14.9. The fourth-order valence-corrected chi connectivity index (χ4v) is 16.4. The van der Waals surface area contributed by atoms with Gasteiger partial charge in [0.1, 0.15) is 28.2 Å². The minimum atomic E-state index is -0.955. The molecule has 1 aliphatic carbocycles. The van der Waals surface area contributed by atoms with Gasteiger partial charge < -0.3 is 69.0 Å². The van der Waals surface area contributed by atoms with Gasteiger partial charge in [-0.2, -0.15) is 0 Å². The molecule has 5 aliphatic heterocycles. The van der Waals surface area contributed by atoms with Gasteiger partial charge in [0, 0.05) is 187 Å². The Balaban J connectivity index is 0.000000208. The van der Waals surface area contributed by atoms with Crippen molar-refractivity contribution in [1.29, 1.82) is 0 Å². The van der Waals surface area contributed by atoms with Crippen LogP contribution in [0.15, 0.2) is 146 Å². The first-order valence-corrected chi connectivity index (χ1v) is 46.0. The van der Waals surface area contributed by atoms with Crippen LogP contribution in [-0.4, -0.2) is 240 Å². The molecule has 8 heterocycles. The number of rotatable bonds is 15. The van der Waals surface area contributed by atoms with E-state index in [-0.39, 0.29) is 47.8 Å². The molecule has 1 unspecified atom stereocenters. The molecule has 4 amide bonds. The molecule has 5 saturated heterocycles. The fraction of sp³-hybridized carbons (Fsp3) is 0.563. The molecule has 3 aromatic heterocycles. The highest BCUT2D eigenvalue weighted by Gasteiger charge is 2.35. The van der Waals surface area contributed by atoms with Crippen LogP contribution in [0.1, 0.15) is 232 Å². The number of aromatic nitrogens is 3. The summed E-state index contributed by atoms with van der Waals surface area (Å²) in [6, 6.07) is 51.8. The number of ketones is 1. The van der Waals surface area contributed by atoms with E-state index in [9.17, 15) is 28.8 Å². The molecule has 0 saturated carbocycles. The van der Waals surface area contributed by atoms with Gasteiger partial charge in [0.15, 0.2) is 0 Å². The normalized spacial score (nSPS) is 16.4. The van der Waals surface area contributed by atoms with E-state index in [1.165, 1.54) is 59.4 Å². The average molecular weight is 1760 g/mol. The lowest BCUT2D eigenvalue weighted by atomic mass is 10.0. The van der Waals surface area contributed by atoms with Gasteiger partial charge in [-0.3, -0.25) is 29.5 Å². The van der Waals surface area contributed by atoms with Crippen LogP contribution in [0.3, 0.4) is 0 Å². The SMILES string of the molecule is CC(C)(C)OC(=O)N1CCC(=O)CC1.CN(C(=O)OC(C)(C)C)C1CCc2ccc(C(=O)O)cc21.CN(Cc1ccccc1)C1CCN(C(=O)OC(C)(C)C)CC1.CNC1CCN(c2cc(C)nc(C)c2)CC1.CNCc1ccccc1.Cc1cc(N2CCC(N(C)C(=O)OC(C)(C)C)CC2)cc(C)n1.Cc1cc(N2CCC(N(C)Cc3ccccc3)CC2)cc(C)n1. The van der Waals surface area contributed by atoms with Crippen molar-refractivity contribution in [3.63, 3.8) is 0 Å². The molecule has 128 heavy (non-hydrogen) atoms. The number of amides is 4. The van der Waals surface area contributed by atoms with Crippen molar-refractivity contribution in [3.05, 3.63) is 213 Å². The van der Waals surface area contributed by atoms with E-state index < -0.39 is 28.4 Å². The molecule has 702 valence electrons. The maximum absolute atomic E-state index is 12.2. The number of carbonyl (C=O) groups excluding carboxylic acids is 5. The highest BCUT2D eigenvalue weighted by atomic mass is 16.6. The number of nitrogens with one attached hydrogen (secondary N) is 2. The minimum Gasteiger partial charge on any atom is -0.478 e. The smallest absolute Gasteiger partial charge is 0.410 e. The molecule has 1 atom stereocenters. The van der Waals surface area contributed by atoms with Crippen LogP contribution < -0.4 is 25.3 Å². The quantitative estimate of drug-likeness (QED) is 0.0807. The van der Waals surface area contributed by atoms with Crippen molar-refractivity contribution < 1.29 is 52.8 Å². The molecule has 13 rings (SSSR count). The summed E-state index contributed by atoms with van der Waals surface area (Å²) in [6.07, 6.45) is 10.3. The molecule has 0 spiro atoms. The lowest BCUT2D eigenvalue weighted by molar-refractivity contribution is -0.121. The minimum absolute atomic E-state index is 0.130. The van der Waals surface area contributed by atoms with E-state index in [1.54, 1.807) is 33.9 Å². The standard InChI is InChI=1S/C20H27N3.C18H29N3O2.C18H28N2O2.C16H21NO4.C13H21N3.C10H17NO3.C8H11N/c1-16-13-20(14-17(2)21-16)23-11-9-19(10-12-23)22(3)15-18-7-5-4-6-8-18;1-13-11-16(12-14(2)19-13)21-9-7-15(8-10-21)20(6)17(22)23-18(3,4)5;1-18(2,3)22-17(21)20-12-10-16(11-13-20)19(4)14-15-8-6-5-7-9-15;1-16(2,3)21-15(20)17(4)13-8-7-10-5-6-11(14(18)19)9-12(10)13;1-10-8-13(9-11(2)15-10)16-6-4-12(14-3)5-7-16;1-10(2,3)14-9(13)11-6-4-8(12)5-7-11;1-9-7-8-5-3-2-4-6-8/h4-8,13-14,19H,9-12,15H2,1-3H3;11-12,15H,7-10H2,1-6H3;5-9,16H,10-14H2,1-4H3;5-6,9,13H,7-8H2,1-4H3,(H,18,19);8-9,12,14H,4-7H2,1-3H3;4-7H2,1-3H3;2-6,9H,7H2,1H3. The molecule has 0 radical (unpaired) electrons. The lowest BCUT2D eigenvalue weighted by Crippen LogP contribution is -2.47. The highest BCUT2D eigenvalue weighted by Crippen LogP contribution is 2.37. The first-order chi connectivity index (χ1) is 60.3. The van der Waals surface area contributed by atoms with E-state index in [2.05, 4.69) is 202 Å². The van der Waals surface area contributed by atoms with Gasteiger partial charge in [-0.05, 0) is 293 Å². The summed E-state index contributed by atoms with van der Waals surface area (Å²) < 4.78 is 21.5. The third-order valence-corrected chi connectivity index (χ3v) is 23.1. The average Bonchev–Trinajstić information content (AvgIpc) is 1.64. The number of benzene rings is 4. The molecule has 25 nitrogen and oxygen atoms in total. The second-order valence-electron chi connectivity index (χ2n) is 38.8. The van der Waals surface area contributed by atoms with E-state index in [0.717, 1.165) is 156 Å². The Morgan fingerprint density at radius 3 is 1.09 bits per heavy atom. The zero-order chi connectivity index (χ0) is 94.2. The molecule has 0 bridgehead atoms. The molecule has 7 aromatic rings. The number of carboxylic acids is 1. The Labute approximate surface area is 766 Å². The molecule has 6 aliphatic rings. The van der Waals surface area contributed by atoms with Crippen LogP contribution in [0.2, 0.25) is 0 Å². The lowest BCUT2D eigenvalue weighted by Gasteiger charge is -2.38. The summed E-state index contributed by atoms with van der Waals surface area (Å²) in [5, 5.41) is 15.5. The Bertz CT molecular complexity index is 4500. The summed E-state index contributed by atoms with van der Waals surface area (Å²) in [6.45, 7) is 46.7. The third-order valence-electron chi connectivity index (χ3n) is 23.1. The Kier molecular flexibility index (Phi) is 41.0. The second kappa shape index (κ2) is 50.1. The number of hydrogen-bond acceptors (Lipinski definition) is 20. The maximum atomic E-state index is 12.2. The van der Waals surface area contributed by atoms with Crippen LogP contribution in [0, 0.1) is 41.5 Å². The second-order valence-corrected chi connectivity index (χ2v) is 38.8. The zero-order valence-corrected chi connectivity index (χ0v) is 81.8. The highest BCUT2D eigenvalue weighted by molar-refractivity contribution is 5.88. The van der Waals surface area contributed by atoms with Crippen LogP contribution in [0.5, 0.6) is 0 Å². The molecular weight excluding hydrogens is 1610 g/mol. The predicted octanol–water partition coefficient (Wildman–Crippen LogP) is 19.0. The number of carbonyl (C=O) groups is 6.